The molecule has 2 aliphatic rings. The Labute approximate surface area is 128 Å². The van der Waals surface area contributed by atoms with Crippen LogP contribution in [0, 0.1) is 5.92 Å². The minimum Gasteiger partial charge on any atom is -0.355 e. The van der Waals surface area contributed by atoms with E-state index in [1.807, 2.05) is 0 Å². The summed E-state index contributed by atoms with van der Waals surface area (Å²) in [6.45, 7) is 0.834. The van der Waals surface area contributed by atoms with Crippen LogP contribution in [0.4, 0.5) is 0 Å². The van der Waals surface area contributed by atoms with Gasteiger partial charge in [0.05, 0.1) is 6.26 Å². The lowest BCUT2D eigenvalue weighted by Crippen LogP contribution is -2.44. The van der Waals surface area contributed by atoms with Gasteiger partial charge in [-0.2, -0.15) is 4.31 Å². The zero-order chi connectivity index (χ0) is 15.3. The lowest BCUT2D eigenvalue weighted by atomic mass is 9.89. The standard InChI is InChI=1S/C15H28N2O3S/c1-21(19,20)17(14-9-5-6-10-14)12-11-16-15(18)13-7-3-2-4-8-13/h13-14H,2-12H2,1H3,(H,16,18). The summed E-state index contributed by atoms with van der Waals surface area (Å²) in [4.78, 5) is 12.1. The van der Waals surface area contributed by atoms with Crippen LogP contribution in [-0.2, 0) is 14.8 Å². The number of amides is 1. The third-order valence-electron chi connectivity index (χ3n) is 4.77. The zero-order valence-electron chi connectivity index (χ0n) is 13.0. The molecule has 2 fully saturated rings. The van der Waals surface area contributed by atoms with E-state index in [0.29, 0.717) is 13.1 Å². The van der Waals surface area contributed by atoms with E-state index < -0.39 is 10.0 Å². The van der Waals surface area contributed by atoms with Crippen molar-refractivity contribution < 1.29 is 13.2 Å². The molecule has 0 atom stereocenters. The molecular weight excluding hydrogens is 288 g/mol. The van der Waals surface area contributed by atoms with Crippen molar-refractivity contribution >= 4 is 15.9 Å². The van der Waals surface area contributed by atoms with Gasteiger partial charge in [0.1, 0.15) is 0 Å². The Morgan fingerprint density at radius 3 is 2.19 bits per heavy atom. The van der Waals surface area contributed by atoms with Gasteiger partial charge in [-0.3, -0.25) is 4.79 Å². The number of hydrogen-bond acceptors (Lipinski definition) is 3. The first-order chi connectivity index (χ1) is 9.98. The van der Waals surface area contributed by atoms with E-state index >= 15 is 0 Å². The molecule has 1 amide bonds. The first kappa shape index (κ1) is 16.7. The first-order valence-electron chi connectivity index (χ1n) is 8.23. The van der Waals surface area contributed by atoms with Gasteiger partial charge in [-0.15, -0.1) is 0 Å². The van der Waals surface area contributed by atoms with E-state index in [0.717, 1.165) is 51.4 Å². The van der Waals surface area contributed by atoms with E-state index in [1.165, 1.54) is 12.7 Å². The number of nitrogens with one attached hydrogen (secondary N) is 1. The van der Waals surface area contributed by atoms with E-state index in [1.54, 1.807) is 4.31 Å². The Morgan fingerprint density at radius 2 is 1.62 bits per heavy atom. The average molecular weight is 316 g/mol. The topological polar surface area (TPSA) is 66.5 Å². The molecule has 0 aromatic heterocycles. The fourth-order valence-corrected chi connectivity index (χ4v) is 4.79. The number of sulfonamides is 1. The van der Waals surface area contributed by atoms with Crippen LogP contribution in [0.3, 0.4) is 0 Å². The van der Waals surface area contributed by atoms with E-state index in [4.69, 9.17) is 0 Å². The Bertz CT molecular complexity index is 438. The van der Waals surface area contributed by atoms with Crippen LogP contribution in [-0.4, -0.2) is 44.0 Å². The van der Waals surface area contributed by atoms with Gasteiger partial charge in [-0.1, -0.05) is 32.1 Å². The summed E-state index contributed by atoms with van der Waals surface area (Å²) >= 11 is 0. The second-order valence-electron chi connectivity index (χ2n) is 6.44. The van der Waals surface area contributed by atoms with Gasteiger partial charge in [-0.25, -0.2) is 8.42 Å². The van der Waals surface area contributed by atoms with Gasteiger partial charge in [0, 0.05) is 25.0 Å². The molecule has 2 rings (SSSR count). The number of carbonyl (C=O) groups is 1. The van der Waals surface area contributed by atoms with Crippen LogP contribution in [0.5, 0.6) is 0 Å². The van der Waals surface area contributed by atoms with Crippen molar-refractivity contribution in [3.8, 4) is 0 Å². The van der Waals surface area contributed by atoms with Gasteiger partial charge in [0.15, 0.2) is 0 Å². The maximum Gasteiger partial charge on any atom is 0.223 e. The summed E-state index contributed by atoms with van der Waals surface area (Å²) in [5.41, 5.74) is 0. The minimum atomic E-state index is -3.19. The summed E-state index contributed by atoms with van der Waals surface area (Å²) in [7, 11) is -3.19. The Hall–Kier alpha value is -0.620. The Kier molecular flexibility index (Phi) is 6.05. The highest BCUT2D eigenvalue weighted by Gasteiger charge is 2.29. The number of nitrogens with zero attached hydrogens (tertiary/aromatic N) is 1. The van der Waals surface area contributed by atoms with Crippen LogP contribution < -0.4 is 5.32 Å². The van der Waals surface area contributed by atoms with Crippen molar-refractivity contribution in [3.63, 3.8) is 0 Å². The molecule has 122 valence electrons. The predicted octanol–water partition coefficient (Wildman–Crippen LogP) is 1.89. The smallest absolute Gasteiger partial charge is 0.223 e. The quantitative estimate of drug-likeness (QED) is 0.814. The molecule has 2 aliphatic carbocycles. The van der Waals surface area contributed by atoms with Crippen molar-refractivity contribution in [3.05, 3.63) is 0 Å². The van der Waals surface area contributed by atoms with Gasteiger partial charge in [0.25, 0.3) is 0 Å². The molecule has 0 saturated heterocycles. The van der Waals surface area contributed by atoms with Crippen LogP contribution in [0.25, 0.3) is 0 Å². The highest BCUT2D eigenvalue weighted by atomic mass is 32.2. The molecule has 0 aliphatic heterocycles. The molecule has 0 aromatic carbocycles. The second-order valence-corrected chi connectivity index (χ2v) is 8.37. The van der Waals surface area contributed by atoms with Gasteiger partial charge >= 0.3 is 0 Å². The molecule has 2 saturated carbocycles. The summed E-state index contributed by atoms with van der Waals surface area (Å²) in [5.74, 6) is 0.242. The van der Waals surface area contributed by atoms with Crippen molar-refractivity contribution in [1.82, 2.24) is 9.62 Å². The van der Waals surface area contributed by atoms with Crippen LogP contribution >= 0.6 is 0 Å². The van der Waals surface area contributed by atoms with Crippen LogP contribution in [0.2, 0.25) is 0 Å². The summed E-state index contributed by atoms with van der Waals surface area (Å²) in [6, 6.07) is 0.131. The van der Waals surface area contributed by atoms with Crippen molar-refractivity contribution in [1.29, 1.82) is 0 Å². The molecule has 0 heterocycles. The van der Waals surface area contributed by atoms with Crippen molar-refractivity contribution in [2.45, 2.75) is 63.8 Å². The summed E-state index contributed by atoms with van der Waals surface area (Å²) in [6.07, 6.45) is 10.8. The van der Waals surface area contributed by atoms with E-state index in [2.05, 4.69) is 5.32 Å². The highest BCUT2D eigenvalue weighted by Crippen LogP contribution is 2.25. The summed E-state index contributed by atoms with van der Waals surface area (Å²) in [5, 5.41) is 2.93. The molecule has 21 heavy (non-hydrogen) atoms. The molecule has 0 unspecified atom stereocenters. The molecule has 0 aromatic rings. The molecule has 5 nitrogen and oxygen atoms in total. The first-order valence-corrected chi connectivity index (χ1v) is 10.1. The third-order valence-corrected chi connectivity index (χ3v) is 6.10. The number of carbonyl (C=O) groups excluding carboxylic acids is 1. The predicted molar refractivity (Wildman–Crippen MR) is 83.4 cm³/mol. The van der Waals surface area contributed by atoms with E-state index in [-0.39, 0.29) is 17.9 Å². The second kappa shape index (κ2) is 7.58. The van der Waals surface area contributed by atoms with Gasteiger partial charge in [0.2, 0.25) is 15.9 Å². The average Bonchev–Trinajstić information content (AvgIpc) is 2.96. The Morgan fingerprint density at radius 1 is 1.05 bits per heavy atom. The lowest BCUT2D eigenvalue weighted by Gasteiger charge is -2.27. The molecule has 0 spiro atoms. The molecular formula is C15H28N2O3S. The maximum atomic E-state index is 12.1. The summed E-state index contributed by atoms with van der Waals surface area (Å²) < 4.78 is 25.4. The maximum absolute atomic E-state index is 12.1. The van der Waals surface area contributed by atoms with Crippen LogP contribution in [0.15, 0.2) is 0 Å². The fraction of sp³-hybridized carbons (Fsp3) is 0.933. The number of rotatable bonds is 6. The fourth-order valence-electron chi connectivity index (χ4n) is 3.61. The van der Waals surface area contributed by atoms with Crippen molar-refractivity contribution in [2.75, 3.05) is 19.3 Å². The monoisotopic (exact) mass is 316 g/mol. The Balaban J connectivity index is 1.80. The van der Waals surface area contributed by atoms with Gasteiger partial charge < -0.3 is 5.32 Å². The van der Waals surface area contributed by atoms with Gasteiger partial charge in [-0.05, 0) is 25.7 Å². The third kappa shape index (κ3) is 4.95. The SMILES string of the molecule is CS(=O)(=O)N(CCNC(=O)C1CCCCC1)C1CCCC1. The zero-order valence-corrected chi connectivity index (χ0v) is 13.8. The molecule has 0 bridgehead atoms. The van der Waals surface area contributed by atoms with Crippen molar-refractivity contribution in [2.24, 2.45) is 5.92 Å². The van der Waals surface area contributed by atoms with Crippen LogP contribution in [0.1, 0.15) is 57.8 Å². The normalized spacial score (nSPS) is 21.8. The number of hydrogen-bond donors (Lipinski definition) is 1. The molecule has 1 N–H and O–H groups in total. The minimum absolute atomic E-state index is 0.106. The highest BCUT2D eigenvalue weighted by molar-refractivity contribution is 7.88. The molecule has 0 radical (unpaired) electrons. The molecule has 6 heteroatoms. The largest absolute Gasteiger partial charge is 0.355 e. The van der Waals surface area contributed by atoms with E-state index in [9.17, 15) is 13.2 Å². The lowest BCUT2D eigenvalue weighted by molar-refractivity contribution is -0.125.